The average molecular weight is 290 g/mol. The molecular weight excluding hydrogens is 275 g/mol. The van der Waals surface area contributed by atoms with Crippen LogP contribution in [0.1, 0.15) is 27.0 Å². The molecule has 0 aliphatic heterocycles. The molecule has 0 amide bonds. The minimum absolute atomic E-state index is 0.0123. The van der Waals surface area contributed by atoms with Crippen LogP contribution in [-0.2, 0) is 6.42 Å². The second-order valence-electron chi connectivity index (χ2n) is 5.16. The predicted octanol–water partition coefficient (Wildman–Crippen LogP) is 4.65. The number of carbonyl (C=O) groups is 1. The van der Waals surface area contributed by atoms with Crippen LogP contribution in [0, 0.1) is 5.82 Å². The van der Waals surface area contributed by atoms with Crippen molar-refractivity contribution in [3.8, 4) is 0 Å². The molecule has 22 heavy (non-hydrogen) atoms. The molecule has 1 nitrogen and oxygen atoms in total. The highest BCUT2D eigenvalue weighted by atomic mass is 19.1. The molecule has 3 aromatic rings. The van der Waals surface area contributed by atoms with Crippen LogP contribution >= 0.6 is 0 Å². The molecule has 0 saturated heterocycles. The largest absolute Gasteiger partial charge is 0.289 e. The van der Waals surface area contributed by atoms with Crippen molar-refractivity contribution in [1.29, 1.82) is 0 Å². The standard InChI is InChI=1S/C20H15FO/c21-18-12-10-15(11-13-18)14-17-8-4-5-9-19(17)20(22)16-6-2-1-3-7-16/h1-13H,14H2. The van der Waals surface area contributed by atoms with Gasteiger partial charge in [-0.3, -0.25) is 4.79 Å². The van der Waals surface area contributed by atoms with Crippen molar-refractivity contribution in [1.82, 2.24) is 0 Å². The van der Waals surface area contributed by atoms with Gasteiger partial charge in [-0.1, -0.05) is 66.7 Å². The number of hydrogen-bond donors (Lipinski definition) is 0. The third kappa shape index (κ3) is 3.12. The zero-order chi connectivity index (χ0) is 15.4. The summed E-state index contributed by atoms with van der Waals surface area (Å²) in [4.78, 5) is 12.7. The van der Waals surface area contributed by atoms with E-state index < -0.39 is 0 Å². The van der Waals surface area contributed by atoms with E-state index in [-0.39, 0.29) is 11.6 Å². The van der Waals surface area contributed by atoms with Crippen LogP contribution in [0.2, 0.25) is 0 Å². The van der Waals surface area contributed by atoms with E-state index in [1.165, 1.54) is 12.1 Å². The molecule has 0 heterocycles. The number of carbonyl (C=O) groups excluding carboxylic acids is 1. The smallest absolute Gasteiger partial charge is 0.193 e. The summed E-state index contributed by atoms with van der Waals surface area (Å²) in [5.74, 6) is -0.240. The van der Waals surface area contributed by atoms with Crippen molar-refractivity contribution >= 4 is 5.78 Å². The van der Waals surface area contributed by atoms with Crippen LogP contribution in [0.25, 0.3) is 0 Å². The topological polar surface area (TPSA) is 17.1 Å². The van der Waals surface area contributed by atoms with Crippen molar-refractivity contribution in [2.75, 3.05) is 0 Å². The van der Waals surface area contributed by atoms with Crippen LogP contribution in [0.15, 0.2) is 78.9 Å². The highest BCUT2D eigenvalue weighted by Crippen LogP contribution is 2.18. The van der Waals surface area contributed by atoms with Gasteiger partial charge in [-0.25, -0.2) is 4.39 Å². The third-order valence-corrected chi connectivity index (χ3v) is 3.61. The molecule has 0 saturated carbocycles. The van der Waals surface area contributed by atoms with Crippen LogP contribution < -0.4 is 0 Å². The Morgan fingerprint density at radius 2 is 1.41 bits per heavy atom. The van der Waals surface area contributed by atoms with E-state index in [1.54, 1.807) is 12.1 Å². The Balaban J connectivity index is 1.93. The lowest BCUT2D eigenvalue weighted by atomic mass is 9.94. The van der Waals surface area contributed by atoms with Crippen molar-refractivity contribution in [3.63, 3.8) is 0 Å². The lowest BCUT2D eigenvalue weighted by molar-refractivity contribution is 0.103. The van der Waals surface area contributed by atoms with Gasteiger partial charge in [0.2, 0.25) is 0 Å². The van der Waals surface area contributed by atoms with Gasteiger partial charge in [0, 0.05) is 11.1 Å². The molecular formula is C20H15FO. The van der Waals surface area contributed by atoms with E-state index in [0.29, 0.717) is 17.5 Å². The fraction of sp³-hybridized carbons (Fsp3) is 0.0500. The third-order valence-electron chi connectivity index (χ3n) is 3.61. The van der Waals surface area contributed by atoms with E-state index in [9.17, 15) is 9.18 Å². The van der Waals surface area contributed by atoms with Gasteiger partial charge in [0.1, 0.15) is 5.82 Å². The van der Waals surface area contributed by atoms with Gasteiger partial charge in [0.15, 0.2) is 5.78 Å². The summed E-state index contributed by atoms with van der Waals surface area (Å²) in [7, 11) is 0. The van der Waals surface area contributed by atoms with Crippen LogP contribution in [0.3, 0.4) is 0 Å². The summed E-state index contributed by atoms with van der Waals surface area (Å²) in [6.07, 6.45) is 0.606. The predicted molar refractivity (Wildman–Crippen MR) is 85.5 cm³/mol. The zero-order valence-electron chi connectivity index (χ0n) is 12.0. The maximum absolute atomic E-state index is 13.0. The summed E-state index contributed by atoms with van der Waals surface area (Å²) < 4.78 is 13.0. The number of benzene rings is 3. The van der Waals surface area contributed by atoms with Crippen LogP contribution in [0.5, 0.6) is 0 Å². The number of rotatable bonds is 4. The van der Waals surface area contributed by atoms with Gasteiger partial charge in [-0.15, -0.1) is 0 Å². The molecule has 0 N–H and O–H groups in total. The lowest BCUT2D eigenvalue weighted by Gasteiger charge is -2.09. The number of hydrogen-bond acceptors (Lipinski definition) is 1. The Hall–Kier alpha value is -2.74. The molecule has 0 aliphatic carbocycles. The summed E-state index contributed by atoms with van der Waals surface area (Å²) in [6, 6.07) is 23.2. The van der Waals surface area contributed by atoms with E-state index >= 15 is 0 Å². The van der Waals surface area contributed by atoms with Crippen LogP contribution in [0.4, 0.5) is 4.39 Å². The molecule has 0 aliphatic rings. The molecule has 0 radical (unpaired) electrons. The van der Waals surface area contributed by atoms with Gasteiger partial charge in [0.25, 0.3) is 0 Å². The zero-order valence-corrected chi connectivity index (χ0v) is 12.0. The Labute approximate surface area is 129 Å². The molecule has 0 spiro atoms. The minimum atomic E-state index is -0.252. The normalized spacial score (nSPS) is 10.4. The molecule has 0 fully saturated rings. The summed E-state index contributed by atoms with van der Waals surface area (Å²) in [6.45, 7) is 0. The Kier molecular flexibility index (Phi) is 4.10. The first kappa shape index (κ1) is 14.2. The SMILES string of the molecule is O=C(c1ccccc1)c1ccccc1Cc1ccc(F)cc1. The molecule has 3 aromatic carbocycles. The monoisotopic (exact) mass is 290 g/mol. The molecule has 3 rings (SSSR count). The van der Waals surface area contributed by atoms with Crippen LogP contribution in [-0.4, -0.2) is 5.78 Å². The highest BCUT2D eigenvalue weighted by Gasteiger charge is 2.13. The number of halogens is 1. The van der Waals surface area contributed by atoms with Gasteiger partial charge in [0.05, 0.1) is 0 Å². The van der Waals surface area contributed by atoms with E-state index in [1.807, 2.05) is 54.6 Å². The second-order valence-corrected chi connectivity index (χ2v) is 5.16. The van der Waals surface area contributed by atoms with Gasteiger partial charge < -0.3 is 0 Å². The van der Waals surface area contributed by atoms with Crippen molar-refractivity contribution < 1.29 is 9.18 Å². The Morgan fingerprint density at radius 3 is 2.14 bits per heavy atom. The highest BCUT2D eigenvalue weighted by molar-refractivity contribution is 6.09. The first-order valence-electron chi connectivity index (χ1n) is 7.16. The Bertz CT molecular complexity index is 776. The maximum atomic E-state index is 13.0. The molecule has 0 aromatic heterocycles. The van der Waals surface area contributed by atoms with E-state index in [4.69, 9.17) is 0 Å². The first-order valence-corrected chi connectivity index (χ1v) is 7.16. The minimum Gasteiger partial charge on any atom is -0.289 e. The fourth-order valence-electron chi connectivity index (χ4n) is 2.46. The van der Waals surface area contributed by atoms with E-state index in [0.717, 1.165) is 11.1 Å². The molecule has 108 valence electrons. The first-order chi connectivity index (χ1) is 10.7. The van der Waals surface area contributed by atoms with Gasteiger partial charge in [-0.05, 0) is 29.7 Å². The van der Waals surface area contributed by atoms with Gasteiger partial charge in [-0.2, -0.15) is 0 Å². The quantitative estimate of drug-likeness (QED) is 0.639. The fourth-order valence-corrected chi connectivity index (χ4v) is 2.46. The molecule has 0 unspecified atom stereocenters. The molecule has 0 atom stereocenters. The lowest BCUT2D eigenvalue weighted by Crippen LogP contribution is -2.05. The van der Waals surface area contributed by atoms with Gasteiger partial charge >= 0.3 is 0 Å². The van der Waals surface area contributed by atoms with E-state index in [2.05, 4.69) is 0 Å². The van der Waals surface area contributed by atoms with Crippen molar-refractivity contribution in [2.45, 2.75) is 6.42 Å². The summed E-state index contributed by atoms with van der Waals surface area (Å²) in [5.41, 5.74) is 3.30. The second kappa shape index (κ2) is 6.35. The van der Waals surface area contributed by atoms with Crippen molar-refractivity contribution in [2.24, 2.45) is 0 Å². The summed E-state index contributed by atoms with van der Waals surface area (Å²) in [5, 5.41) is 0. The number of ketones is 1. The van der Waals surface area contributed by atoms with Crippen molar-refractivity contribution in [3.05, 3.63) is 107 Å². The Morgan fingerprint density at radius 1 is 0.773 bits per heavy atom. The summed E-state index contributed by atoms with van der Waals surface area (Å²) >= 11 is 0. The maximum Gasteiger partial charge on any atom is 0.193 e. The average Bonchev–Trinajstić information content (AvgIpc) is 2.58. The molecule has 0 bridgehead atoms. The molecule has 2 heteroatoms.